The molecular formula is C61H60ClF2N11O7S. The molecule has 2 amide bonds. The Kier molecular flexibility index (Phi) is 15.7. The average Bonchev–Trinajstić information content (AvgIpc) is 4.13. The second-order valence-corrected chi connectivity index (χ2v) is 23.5. The lowest BCUT2D eigenvalue weighted by Crippen LogP contribution is -2.51. The van der Waals surface area contributed by atoms with Crippen molar-refractivity contribution in [3.05, 3.63) is 131 Å². The van der Waals surface area contributed by atoms with E-state index in [1.807, 2.05) is 44.2 Å². The molecule has 2 unspecified atom stereocenters. The Bertz CT molecular complexity index is 3790. The van der Waals surface area contributed by atoms with Crippen LogP contribution in [0.2, 0.25) is 5.02 Å². The van der Waals surface area contributed by atoms with Crippen LogP contribution in [0, 0.1) is 28.9 Å². The van der Waals surface area contributed by atoms with E-state index in [2.05, 4.69) is 31.9 Å². The Labute approximate surface area is 485 Å². The molecule has 428 valence electrons. The first-order valence-corrected chi connectivity index (χ1v) is 29.0. The van der Waals surface area contributed by atoms with Crippen LogP contribution in [0.5, 0.6) is 11.8 Å². The highest BCUT2D eigenvalue weighted by atomic mass is 35.5. The zero-order valence-corrected chi connectivity index (χ0v) is 47.0. The van der Waals surface area contributed by atoms with Crippen molar-refractivity contribution in [2.75, 3.05) is 50.1 Å². The number of hydrogen-bond donors (Lipinski definition) is 5. The quantitative estimate of drug-likeness (QED) is 0.0607. The molecule has 0 saturated carbocycles. The van der Waals surface area contributed by atoms with Crippen molar-refractivity contribution < 1.29 is 42.8 Å². The van der Waals surface area contributed by atoms with Gasteiger partial charge in [0.25, 0.3) is 0 Å². The summed E-state index contributed by atoms with van der Waals surface area (Å²) < 4.78 is 51.0. The van der Waals surface area contributed by atoms with Gasteiger partial charge in [-0.2, -0.15) is 15.2 Å². The van der Waals surface area contributed by atoms with Crippen LogP contribution in [-0.2, 0) is 20.9 Å². The molecule has 0 aliphatic carbocycles. The zero-order chi connectivity index (χ0) is 57.6. The van der Waals surface area contributed by atoms with Crippen LogP contribution in [0.15, 0.2) is 97.2 Å². The molecule has 7 heterocycles. The summed E-state index contributed by atoms with van der Waals surface area (Å²) in [7, 11) is 0. The van der Waals surface area contributed by atoms with Gasteiger partial charge in [-0.05, 0) is 59.2 Å². The summed E-state index contributed by atoms with van der Waals surface area (Å²) in [6, 6.07) is 25.5. The van der Waals surface area contributed by atoms with Gasteiger partial charge in [0, 0.05) is 78.4 Å². The number of ether oxygens (including phenoxy) is 3. The van der Waals surface area contributed by atoms with Crippen LogP contribution in [0.25, 0.3) is 54.5 Å². The number of benzene rings is 5. The molecule has 6 N–H and O–H groups in total. The minimum absolute atomic E-state index is 0.00504. The lowest BCUT2D eigenvalue weighted by molar-refractivity contribution is -0.142. The van der Waals surface area contributed by atoms with E-state index in [0.29, 0.717) is 100 Å². The molecule has 18 nitrogen and oxygen atoms in total. The molecule has 4 aliphatic rings. The number of fused-ring (bicyclic) bond motifs is 4. The number of nitrogens with two attached hydrogens (primary N) is 1. The fraction of sp³-hybridized carbons (Fsp3) is 0.361. The standard InChI is InChI=1S/C61H60ClF2N11O7S/c1-32(2)54(60(79)74-28-39(77)23-50(74)59(78)68-49(30-76)36-13-11-34(12-14-36)41-5-3-4-6-46(41)63)75-29-48(71-72-75)35-9-7-33(8-10-35)31-81-55-52(42-17-18-47(64)56-51(42)44(25-65)57(66)83-56)45(62)24-43-53(55)69-61(82-40-19-21-80-22-20-40)70-58(43)73-26-37-15-16-38(27-73)67-37/h3-14,17-18,24,29,32,37-40,49-50,54,67,76-77H,15-16,19-23,26-28,30-31,66H2,1-2H3,(H,68,78)/t37?,38?,39-,49+,50+,54+/m1/s1. The van der Waals surface area contributed by atoms with Crippen molar-refractivity contribution in [1.82, 2.24) is 40.5 Å². The maximum Gasteiger partial charge on any atom is 0.319 e. The van der Waals surface area contributed by atoms with Crippen LogP contribution in [-0.4, -0.2) is 122 Å². The lowest BCUT2D eigenvalue weighted by Gasteiger charge is -2.34. The molecule has 5 aromatic carbocycles. The Balaban J connectivity index is 0.821. The number of nitrogen functional groups attached to an aromatic ring is 1. The number of aliphatic hydroxyl groups excluding tert-OH is 2. The number of nitriles is 1. The third kappa shape index (κ3) is 11.0. The van der Waals surface area contributed by atoms with Gasteiger partial charge in [0.1, 0.15) is 64.5 Å². The molecule has 4 aliphatic heterocycles. The molecular weight excluding hydrogens is 1100 g/mol. The van der Waals surface area contributed by atoms with E-state index in [-0.39, 0.29) is 81.5 Å². The fourth-order valence-electron chi connectivity index (χ4n) is 12.0. The largest absolute Gasteiger partial charge is 0.486 e. The molecule has 2 bridgehead atoms. The molecule has 12 rings (SSSR count). The molecule has 22 heteroatoms. The van der Waals surface area contributed by atoms with Gasteiger partial charge in [-0.25, -0.2) is 13.5 Å². The van der Waals surface area contributed by atoms with Crippen molar-refractivity contribution in [3.8, 4) is 51.3 Å². The van der Waals surface area contributed by atoms with Crippen molar-refractivity contribution in [2.24, 2.45) is 5.92 Å². The maximum atomic E-state index is 15.6. The highest BCUT2D eigenvalue weighted by Crippen LogP contribution is 2.50. The number of thiophene rings is 1. The number of carbonyl (C=O) groups excluding carboxylic acids is 2. The smallest absolute Gasteiger partial charge is 0.319 e. The van der Waals surface area contributed by atoms with E-state index in [9.17, 15) is 29.5 Å². The highest BCUT2D eigenvalue weighted by Gasteiger charge is 2.43. The topological polar surface area (TPSA) is 239 Å². The predicted octanol–water partition coefficient (Wildman–Crippen LogP) is 8.91. The number of aromatic nitrogens is 5. The average molecular weight is 1160 g/mol. The van der Waals surface area contributed by atoms with Crippen LogP contribution in [0.1, 0.15) is 74.7 Å². The number of rotatable bonds is 16. The Morgan fingerprint density at radius 1 is 0.952 bits per heavy atom. The molecule has 6 atom stereocenters. The van der Waals surface area contributed by atoms with Crippen molar-refractivity contribution in [3.63, 3.8) is 0 Å². The molecule has 4 saturated heterocycles. The number of hydrogen-bond acceptors (Lipinski definition) is 16. The number of aliphatic hydroxyl groups is 2. The Hall–Kier alpha value is -7.84. The van der Waals surface area contributed by atoms with E-state index in [1.165, 1.54) is 21.7 Å². The highest BCUT2D eigenvalue weighted by molar-refractivity contribution is 7.23. The first-order chi connectivity index (χ1) is 40.2. The second kappa shape index (κ2) is 23.4. The minimum Gasteiger partial charge on any atom is -0.486 e. The molecule has 0 spiro atoms. The van der Waals surface area contributed by atoms with E-state index >= 15 is 4.39 Å². The number of nitrogens with zero attached hydrogens (tertiary/aromatic N) is 8. The summed E-state index contributed by atoms with van der Waals surface area (Å²) in [5, 5.41) is 48.5. The van der Waals surface area contributed by atoms with Gasteiger partial charge in [-0.15, -0.1) is 16.4 Å². The summed E-state index contributed by atoms with van der Waals surface area (Å²) in [6.07, 6.45) is 3.89. The van der Waals surface area contributed by atoms with Crippen LogP contribution >= 0.6 is 22.9 Å². The maximum absolute atomic E-state index is 15.6. The van der Waals surface area contributed by atoms with Gasteiger partial charge in [0.2, 0.25) is 11.8 Å². The van der Waals surface area contributed by atoms with Gasteiger partial charge in [-0.1, -0.05) is 103 Å². The van der Waals surface area contributed by atoms with Gasteiger partial charge in [-0.3, -0.25) is 9.59 Å². The van der Waals surface area contributed by atoms with Gasteiger partial charge >= 0.3 is 6.01 Å². The lowest BCUT2D eigenvalue weighted by atomic mass is 9.96. The summed E-state index contributed by atoms with van der Waals surface area (Å²) in [5.41, 5.74) is 11.2. The minimum atomic E-state index is -1.05. The van der Waals surface area contributed by atoms with Gasteiger partial charge in [0.05, 0.1) is 53.4 Å². The van der Waals surface area contributed by atoms with Gasteiger partial charge < -0.3 is 50.6 Å². The summed E-state index contributed by atoms with van der Waals surface area (Å²) in [4.78, 5) is 42.4. The summed E-state index contributed by atoms with van der Waals surface area (Å²) >= 11 is 8.41. The number of β-amino-alcohol motifs (C(OH)–C–C–N with tert-alkyl or cyclic N) is 1. The third-order valence-corrected chi connectivity index (χ3v) is 17.5. The number of likely N-dealkylation sites (tertiary alicyclic amines) is 1. The van der Waals surface area contributed by atoms with Crippen LogP contribution in [0.4, 0.5) is 19.6 Å². The zero-order valence-electron chi connectivity index (χ0n) is 45.5. The van der Waals surface area contributed by atoms with Gasteiger partial charge in [0.15, 0.2) is 5.75 Å². The van der Waals surface area contributed by atoms with E-state index < -0.39 is 48.5 Å². The SMILES string of the molecule is CC(C)[C@@H](C(=O)N1C[C@H](O)C[C@H]1C(=O)N[C@@H](CO)c1ccc(-c2ccccc2F)cc1)n1cc(-c2ccc(COc3c(-c4ccc(F)c5sc(N)c(C#N)c45)c(Cl)cc4c(N5CC6CCC(C5)N6)nc(OC5CCOCC5)nc34)cc2)nn1. The third-order valence-electron chi connectivity index (χ3n) is 16.2. The first kappa shape index (κ1) is 55.7. The number of piperazine rings is 1. The monoisotopic (exact) mass is 1160 g/mol. The molecule has 3 aromatic heterocycles. The predicted molar refractivity (Wildman–Crippen MR) is 311 cm³/mol. The second-order valence-electron chi connectivity index (χ2n) is 22.0. The number of nitrogens with one attached hydrogen (secondary N) is 2. The van der Waals surface area contributed by atoms with Crippen LogP contribution < -0.4 is 30.7 Å². The van der Waals surface area contributed by atoms with E-state index in [0.717, 1.165) is 29.7 Å². The number of carbonyl (C=O) groups is 2. The van der Waals surface area contributed by atoms with Crippen LogP contribution in [0.3, 0.4) is 0 Å². The fourth-order valence-corrected chi connectivity index (χ4v) is 13.3. The number of anilines is 2. The van der Waals surface area contributed by atoms with Crippen molar-refractivity contribution in [1.29, 1.82) is 5.26 Å². The molecule has 4 fully saturated rings. The normalized spacial score (nSPS) is 19.8. The molecule has 0 radical (unpaired) electrons. The van der Waals surface area contributed by atoms with Crippen molar-refractivity contribution >= 4 is 66.6 Å². The first-order valence-electron chi connectivity index (χ1n) is 27.8. The number of halogens is 3. The Morgan fingerprint density at radius 3 is 2.40 bits per heavy atom. The molecule has 83 heavy (non-hydrogen) atoms. The van der Waals surface area contributed by atoms with Crippen molar-refractivity contribution in [2.45, 2.75) is 95.0 Å². The number of amides is 2. The summed E-state index contributed by atoms with van der Waals surface area (Å²) in [5.74, 6) is -1.29. The van der Waals surface area contributed by atoms with E-state index in [1.54, 1.807) is 54.7 Å². The summed E-state index contributed by atoms with van der Waals surface area (Å²) in [6.45, 7) is 5.69. The van der Waals surface area contributed by atoms with E-state index in [4.69, 9.17) is 41.5 Å². The Morgan fingerprint density at radius 2 is 1.69 bits per heavy atom. The molecule has 8 aromatic rings.